The number of aromatic nitrogens is 2. The molecule has 0 radical (unpaired) electrons. The monoisotopic (exact) mass is 363 g/mol. The molecule has 2 amide bonds. The van der Waals surface area contributed by atoms with E-state index in [2.05, 4.69) is 4.98 Å². The molecule has 0 aliphatic carbocycles. The van der Waals surface area contributed by atoms with Crippen molar-refractivity contribution in [3.63, 3.8) is 0 Å². The fourth-order valence-corrected chi connectivity index (χ4v) is 3.68. The minimum atomic E-state index is -0.589. The van der Waals surface area contributed by atoms with E-state index < -0.39 is 6.04 Å². The van der Waals surface area contributed by atoms with Crippen LogP contribution in [0.2, 0.25) is 0 Å². The maximum Gasteiger partial charge on any atom is 0.257 e. The zero-order valence-corrected chi connectivity index (χ0v) is 14.9. The van der Waals surface area contributed by atoms with E-state index in [1.165, 1.54) is 4.90 Å². The topological polar surface area (TPSA) is 75.4 Å². The van der Waals surface area contributed by atoms with Crippen molar-refractivity contribution in [3.05, 3.63) is 60.4 Å². The van der Waals surface area contributed by atoms with Crippen molar-refractivity contribution in [2.24, 2.45) is 0 Å². The predicted molar refractivity (Wildman–Crippen MR) is 102 cm³/mol. The van der Waals surface area contributed by atoms with Crippen molar-refractivity contribution in [1.29, 1.82) is 0 Å². The molecule has 1 aliphatic heterocycles. The van der Waals surface area contributed by atoms with Crippen LogP contribution in [0.5, 0.6) is 0 Å². The van der Waals surface area contributed by atoms with Gasteiger partial charge in [0.05, 0.1) is 23.1 Å². The molecule has 3 aromatic rings. The Hall–Kier alpha value is -2.99. The molecule has 138 valence electrons. The number of aliphatic hydroxyl groups is 1. The van der Waals surface area contributed by atoms with Crippen LogP contribution in [0.25, 0.3) is 11.0 Å². The van der Waals surface area contributed by atoms with Crippen LogP contribution >= 0.6 is 0 Å². The number of imidazole rings is 1. The molecular formula is C21H21N3O3. The molecule has 1 aliphatic rings. The van der Waals surface area contributed by atoms with E-state index in [0.29, 0.717) is 18.5 Å². The van der Waals surface area contributed by atoms with Crippen LogP contribution in [0.4, 0.5) is 5.69 Å². The molecule has 6 heteroatoms. The Morgan fingerprint density at radius 2 is 1.74 bits per heavy atom. The van der Waals surface area contributed by atoms with Crippen molar-refractivity contribution in [3.8, 4) is 0 Å². The van der Waals surface area contributed by atoms with Crippen molar-refractivity contribution < 1.29 is 14.7 Å². The summed E-state index contributed by atoms with van der Waals surface area (Å²) >= 11 is 0. The summed E-state index contributed by atoms with van der Waals surface area (Å²) in [5.41, 5.74) is 2.27. The third-order valence-electron chi connectivity index (χ3n) is 4.93. The molecule has 1 saturated heterocycles. The second-order valence-corrected chi connectivity index (χ2v) is 6.69. The molecule has 0 bridgehead atoms. The summed E-state index contributed by atoms with van der Waals surface area (Å²) in [6, 6.07) is 16.1. The molecule has 1 N–H and O–H groups in total. The third-order valence-corrected chi connectivity index (χ3v) is 4.93. The van der Waals surface area contributed by atoms with Gasteiger partial charge in [-0.1, -0.05) is 30.3 Å². The Labute approximate surface area is 157 Å². The van der Waals surface area contributed by atoms with Crippen molar-refractivity contribution in [2.75, 3.05) is 11.5 Å². The number of hydrogen-bond donors (Lipinski definition) is 1. The second kappa shape index (κ2) is 7.32. The molecule has 0 saturated carbocycles. The van der Waals surface area contributed by atoms with E-state index in [4.69, 9.17) is 5.11 Å². The maximum atomic E-state index is 13.2. The van der Waals surface area contributed by atoms with Crippen LogP contribution in [0.1, 0.15) is 31.1 Å². The number of fused-ring (bicyclic) bond motifs is 1. The number of aliphatic hydroxyl groups excluding tert-OH is 1. The quantitative estimate of drug-likeness (QED) is 0.540. The molecule has 2 aromatic carbocycles. The van der Waals surface area contributed by atoms with E-state index in [1.54, 1.807) is 12.1 Å². The summed E-state index contributed by atoms with van der Waals surface area (Å²) in [5, 5.41) is 9.07. The van der Waals surface area contributed by atoms with Crippen LogP contribution in [-0.4, -0.2) is 33.1 Å². The summed E-state index contributed by atoms with van der Waals surface area (Å²) in [7, 11) is 0. The number of para-hydroxylation sites is 3. The number of imide groups is 1. The first-order chi connectivity index (χ1) is 13.2. The van der Waals surface area contributed by atoms with Crippen LogP contribution in [-0.2, 0) is 16.0 Å². The first-order valence-electron chi connectivity index (χ1n) is 9.19. The van der Waals surface area contributed by atoms with E-state index in [1.807, 2.05) is 47.0 Å². The van der Waals surface area contributed by atoms with Crippen molar-refractivity contribution >= 4 is 28.5 Å². The number of unbranched alkanes of at least 4 members (excludes halogenated alkanes) is 1. The minimum Gasteiger partial charge on any atom is -0.396 e. The molecule has 6 nitrogen and oxygen atoms in total. The van der Waals surface area contributed by atoms with Crippen molar-refractivity contribution in [2.45, 2.75) is 31.7 Å². The van der Waals surface area contributed by atoms with Gasteiger partial charge in [0, 0.05) is 13.0 Å². The lowest BCUT2D eigenvalue weighted by Gasteiger charge is -2.17. The largest absolute Gasteiger partial charge is 0.396 e. The van der Waals surface area contributed by atoms with Crippen LogP contribution in [0.15, 0.2) is 54.6 Å². The highest BCUT2D eigenvalue weighted by Crippen LogP contribution is 2.33. The van der Waals surface area contributed by atoms with E-state index in [-0.39, 0.29) is 24.8 Å². The highest BCUT2D eigenvalue weighted by Gasteiger charge is 2.41. The molecule has 0 spiro atoms. The highest BCUT2D eigenvalue weighted by atomic mass is 16.3. The number of carbonyl (C=O) groups excluding carboxylic acids is 2. The summed E-state index contributed by atoms with van der Waals surface area (Å²) in [4.78, 5) is 31.8. The molecule has 27 heavy (non-hydrogen) atoms. The van der Waals surface area contributed by atoms with Crippen molar-refractivity contribution in [1.82, 2.24) is 9.55 Å². The first kappa shape index (κ1) is 17.4. The van der Waals surface area contributed by atoms with Gasteiger partial charge < -0.3 is 9.67 Å². The van der Waals surface area contributed by atoms with Gasteiger partial charge in [-0.15, -0.1) is 0 Å². The summed E-state index contributed by atoms with van der Waals surface area (Å²) in [5.74, 6) is 0.360. The Morgan fingerprint density at radius 1 is 1.00 bits per heavy atom. The Morgan fingerprint density at radius 3 is 2.52 bits per heavy atom. The number of rotatable bonds is 6. The SMILES string of the molecule is O=C1C[C@H](n2c(CCCCO)nc3ccccc32)C(=O)N1c1ccccc1. The number of carbonyl (C=O) groups is 2. The molecule has 1 fully saturated rings. The van der Waals surface area contributed by atoms with Gasteiger partial charge in [0.2, 0.25) is 5.91 Å². The number of amides is 2. The lowest BCUT2D eigenvalue weighted by Crippen LogP contribution is -2.31. The molecule has 2 heterocycles. The maximum absolute atomic E-state index is 13.2. The van der Waals surface area contributed by atoms with Gasteiger partial charge >= 0.3 is 0 Å². The van der Waals surface area contributed by atoms with Crippen LogP contribution < -0.4 is 4.90 Å². The first-order valence-corrected chi connectivity index (χ1v) is 9.19. The minimum absolute atomic E-state index is 0.126. The molecular weight excluding hydrogens is 342 g/mol. The Balaban J connectivity index is 1.74. The molecule has 1 atom stereocenters. The van der Waals surface area contributed by atoms with E-state index in [0.717, 1.165) is 23.3 Å². The van der Waals surface area contributed by atoms with E-state index in [9.17, 15) is 9.59 Å². The van der Waals surface area contributed by atoms with E-state index >= 15 is 0 Å². The number of hydrogen-bond acceptors (Lipinski definition) is 4. The predicted octanol–water partition coefficient (Wildman–Crippen LogP) is 2.86. The zero-order chi connectivity index (χ0) is 18.8. The lowest BCUT2D eigenvalue weighted by molar-refractivity contribution is -0.122. The lowest BCUT2D eigenvalue weighted by atomic mass is 10.2. The van der Waals surface area contributed by atoms with Crippen LogP contribution in [0, 0.1) is 0 Å². The van der Waals surface area contributed by atoms with Gasteiger partial charge in [-0.3, -0.25) is 9.59 Å². The normalized spacial score (nSPS) is 17.2. The van der Waals surface area contributed by atoms with Gasteiger partial charge in [-0.25, -0.2) is 9.88 Å². The second-order valence-electron chi connectivity index (χ2n) is 6.69. The Bertz CT molecular complexity index is 981. The number of anilines is 1. The average Bonchev–Trinajstić information content (AvgIpc) is 3.19. The summed E-state index contributed by atoms with van der Waals surface area (Å²) < 4.78 is 1.91. The van der Waals surface area contributed by atoms with Gasteiger partial charge in [0.25, 0.3) is 5.91 Å². The zero-order valence-electron chi connectivity index (χ0n) is 14.9. The van der Waals surface area contributed by atoms with Gasteiger partial charge in [-0.2, -0.15) is 0 Å². The smallest absolute Gasteiger partial charge is 0.257 e. The standard InChI is InChI=1S/C21H21N3O3/c25-13-7-6-12-19-22-16-10-4-5-11-17(16)24(19)18-14-20(26)23(21(18)27)15-8-2-1-3-9-15/h1-5,8-11,18,25H,6-7,12-14H2/t18-/m0/s1. The van der Waals surface area contributed by atoms with Gasteiger partial charge in [0.15, 0.2) is 0 Å². The number of benzene rings is 2. The fourth-order valence-electron chi connectivity index (χ4n) is 3.68. The average molecular weight is 363 g/mol. The summed E-state index contributed by atoms with van der Waals surface area (Å²) in [6.45, 7) is 0.128. The van der Waals surface area contributed by atoms with Crippen LogP contribution in [0.3, 0.4) is 0 Å². The third kappa shape index (κ3) is 3.13. The molecule has 4 rings (SSSR count). The highest BCUT2D eigenvalue weighted by molar-refractivity contribution is 6.21. The fraction of sp³-hybridized carbons (Fsp3) is 0.286. The number of nitrogens with zero attached hydrogens (tertiary/aromatic N) is 3. The van der Waals surface area contributed by atoms with Gasteiger partial charge in [0.1, 0.15) is 11.9 Å². The number of aryl methyl sites for hydroxylation is 1. The Kier molecular flexibility index (Phi) is 4.73. The van der Waals surface area contributed by atoms with Gasteiger partial charge in [-0.05, 0) is 37.1 Å². The molecule has 0 unspecified atom stereocenters. The summed E-state index contributed by atoms with van der Waals surface area (Å²) in [6.07, 6.45) is 2.23. The molecule has 1 aromatic heterocycles.